The van der Waals surface area contributed by atoms with Crippen LogP contribution in [0.25, 0.3) is 0 Å². The van der Waals surface area contributed by atoms with Crippen molar-refractivity contribution >= 4 is 34.1 Å². The van der Waals surface area contributed by atoms with Crippen LogP contribution in [0.15, 0.2) is 60.7 Å². The van der Waals surface area contributed by atoms with Gasteiger partial charge in [0.1, 0.15) is 0 Å². The lowest BCUT2D eigenvalue weighted by atomic mass is 10.1. The van der Waals surface area contributed by atoms with Crippen molar-refractivity contribution in [3.8, 4) is 0 Å². The Morgan fingerprint density at radius 2 is 1.17 bits per heavy atom. The Balaban J connectivity index is 1.82. The first-order chi connectivity index (χ1) is 19.4. The summed E-state index contributed by atoms with van der Waals surface area (Å²) in [6.45, 7) is 10.9. The van der Waals surface area contributed by atoms with E-state index < -0.39 is 29.6 Å². The monoisotopic (exact) mass is 628 g/mol. The molecule has 0 saturated heterocycles. The van der Waals surface area contributed by atoms with E-state index in [9.17, 15) is 18.9 Å². The van der Waals surface area contributed by atoms with Crippen molar-refractivity contribution in [2.24, 2.45) is 0 Å². The molecule has 0 radical (unpaired) electrons. The van der Waals surface area contributed by atoms with E-state index >= 15 is 0 Å². The number of rotatable bonds is 20. The molecule has 0 aromatic heterocycles. The van der Waals surface area contributed by atoms with Crippen molar-refractivity contribution in [1.29, 1.82) is 0 Å². The van der Waals surface area contributed by atoms with Crippen molar-refractivity contribution < 1.29 is 36.9 Å². The van der Waals surface area contributed by atoms with Crippen molar-refractivity contribution in [3.05, 3.63) is 60.7 Å². The van der Waals surface area contributed by atoms with Crippen molar-refractivity contribution in [3.63, 3.8) is 0 Å². The van der Waals surface area contributed by atoms with E-state index in [1.807, 2.05) is 0 Å². The quantitative estimate of drug-likeness (QED) is 0.0888. The van der Waals surface area contributed by atoms with Gasteiger partial charge in [0.2, 0.25) is 0 Å². The molecule has 0 aliphatic heterocycles. The van der Waals surface area contributed by atoms with Crippen molar-refractivity contribution in [2.45, 2.75) is 96.9 Å². The highest BCUT2D eigenvalue weighted by molar-refractivity contribution is 7.54. The third-order valence-electron chi connectivity index (χ3n) is 7.03. The molecule has 0 fully saturated rings. The molecule has 2 aromatic rings. The zero-order chi connectivity index (χ0) is 30.4. The molecule has 8 nitrogen and oxygen atoms in total. The number of hydrogen-bond acceptors (Lipinski definition) is 6. The Morgan fingerprint density at radius 1 is 0.732 bits per heavy atom. The van der Waals surface area contributed by atoms with E-state index in [1.165, 1.54) is 10.4 Å². The van der Waals surface area contributed by atoms with Gasteiger partial charge in [-0.1, -0.05) is 120 Å². The van der Waals surface area contributed by atoms with Gasteiger partial charge in [0.15, 0.2) is 5.85 Å². The first kappa shape index (κ1) is 36.1. The normalized spacial score (nSPS) is 13.8. The van der Waals surface area contributed by atoms with Gasteiger partial charge in [-0.2, -0.15) is 0 Å². The summed E-state index contributed by atoms with van der Waals surface area (Å²) in [5.74, 6) is -1.51. The largest absolute Gasteiger partial charge is 0.475 e. The number of benzene rings is 2. The van der Waals surface area contributed by atoms with Gasteiger partial charge in [-0.25, -0.2) is 4.57 Å². The van der Waals surface area contributed by atoms with Gasteiger partial charge in [-0.15, -0.1) is 0 Å². The Morgan fingerprint density at radius 3 is 1.59 bits per heavy atom. The average molecular weight is 629 g/mol. The Hall–Kier alpha value is -1.12. The molecule has 0 saturated carbocycles. The predicted octanol–water partition coefficient (Wildman–Crippen LogP) is 7.39. The molecule has 0 heterocycles. The average Bonchev–Trinajstić information content (AvgIpc) is 2.91. The number of phosphoric acid groups is 1. The lowest BCUT2D eigenvalue weighted by Crippen LogP contribution is -2.66. The topological polar surface area (TPSA) is 112 Å². The molecule has 41 heavy (non-hydrogen) atoms. The lowest BCUT2D eigenvalue weighted by molar-refractivity contribution is 0.0957. The summed E-state index contributed by atoms with van der Waals surface area (Å²) in [5, 5.41) is 2.54. The molecule has 0 amide bonds. The van der Waals surface area contributed by atoms with Crippen LogP contribution < -0.4 is 10.4 Å². The number of unbranched alkanes of at least 4 members (excludes halogenated alkanes) is 6. The number of phosphoric ester groups is 1. The summed E-state index contributed by atoms with van der Waals surface area (Å²) < 4.78 is 46.8. The van der Waals surface area contributed by atoms with E-state index in [-0.39, 0.29) is 24.7 Å². The highest BCUT2D eigenvalue weighted by Gasteiger charge is 2.50. The second-order valence-electron chi connectivity index (χ2n) is 11.2. The minimum atomic E-state index is -4.63. The molecule has 0 aliphatic carbocycles. The highest BCUT2D eigenvalue weighted by Crippen LogP contribution is 2.57. The van der Waals surface area contributed by atoms with E-state index in [2.05, 4.69) is 81.4 Å². The molecule has 232 valence electrons. The fraction of sp³-hybridized carbons (Fsp3) is 0.600. The Kier molecular flexibility index (Phi) is 15.2. The van der Waals surface area contributed by atoms with Gasteiger partial charge in [-0.05, 0) is 42.1 Å². The molecule has 0 aliphatic rings. The van der Waals surface area contributed by atoms with E-state index in [1.54, 1.807) is 13.8 Å². The van der Waals surface area contributed by atoms with E-state index in [0.29, 0.717) is 13.0 Å². The zero-order valence-corrected chi connectivity index (χ0v) is 28.2. The molecule has 0 bridgehead atoms. The second kappa shape index (κ2) is 17.2. The summed E-state index contributed by atoms with van der Waals surface area (Å²) in [5.41, 5.74) is 0. The standard InChI is InChI=1S/C30H50O8P2Si/c1-6-35-40(34,36-7-2)38-29(39(31,32)33)25-19-11-9-8-10-12-20-26-37-41(30(3,4)5,27-21-15-13-16-22-27)28-23-17-14-18-24-28/h13-18,21-24,29H,6-12,19-20,25-26H2,1-5H3,(H2,31,32,33). The van der Waals surface area contributed by atoms with Crippen LogP contribution in [0.2, 0.25) is 5.04 Å². The number of hydrogen-bond donors (Lipinski definition) is 2. The Bertz CT molecular complexity index is 1040. The van der Waals surface area contributed by atoms with Crippen LogP contribution in [-0.4, -0.2) is 43.8 Å². The minimum absolute atomic E-state index is 0.0382. The molecule has 0 spiro atoms. The fourth-order valence-corrected chi connectivity index (χ4v) is 12.3. The first-order valence-electron chi connectivity index (χ1n) is 14.8. The molecule has 1 atom stereocenters. The van der Waals surface area contributed by atoms with Crippen LogP contribution in [-0.2, 0) is 27.1 Å². The van der Waals surface area contributed by atoms with Crippen LogP contribution in [0.3, 0.4) is 0 Å². The van der Waals surface area contributed by atoms with Gasteiger partial charge in [0.25, 0.3) is 8.32 Å². The SMILES string of the molecule is CCOP(=O)(OCC)OC(CCCCCCCCCO[Si](c1ccccc1)(c1ccccc1)C(C)(C)C)P(=O)(O)O. The van der Waals surface area contributed by atoms with Gasteiger partial charge >= 0.3 is 15.4 Å². The van der Waals surface area contributed by atoms with Gasteiger partial charge in [-0.3, -0.25) is 18.1 Å². The summed E-state index contributed by atoms with van der Waals surface area (Å²) in [6.07, 6.45) is 6.49. The lowest BCUT2D eigenvalue weighted by Gasteiger charge is -2.43. The molecule has 2 rings (SSSR count). The second-order valence-corrected chi connectivity index (χ2v) is 18.9. The summed E-state index contributed by atoms with van der Waals surface area (Å²) in [4.78, 5) is 19.4. The van der Waals surface area contributed by atoms with Crippen LogP contribution >= 0.6 is 15.4 Å². The molecule has 2 aromatic carbocycles. The highest BCUT2D eigenvalue weighted by atomic mass is 31.2. The molecule has 2 N–H and O–H groups in total. The predicted molar refractivity (Wildman–Crippen MR) is 168 cm³/mol. The van der Waals surface area contributed by atoms with Crippen LogP contribution in [0.1, 0.15) is 86.0 Å². The van der Waals surface area contributed by atoms with E-state index in [0.717, 1.165) is 38.5 Å². The molecular weight excluding hydrogens is 578 g/mol. The summed E-state index contributed by atoms with van der Waals surface area (Å²) in [7, 11) is -11.1. The zero-order valence-electron chi connectivity index (χ0n) is 25.4. The molecule has 11 heteroatoms. The van der Waals surface area contributed by atoms with Gasteiger partial charge in [0.05, 0.1) is 13.2 Å². The third-order valence-corrected chi connectivity index (χ3v) is 15.0. The summed E-state index contributed by atoms with van der Waals surface area (Å²) in [6, 6.07) is 21.3. The maximum absolute atomic E-state index is 12.6. The Labute approximate surface area is 248 Å². The van der Waals surface area contributed by atoms with Gasteiger partial charge < -0.3 is 14.2 Å². The maximum atomic E-state index is 12.6. The maximum Gasteiger partial charge on any atom is 0.475 e. The minimum Gasteiger partial charge on any atom is -0.407 e. The summed E-state index contributed by atoms with van der Waals surface area (Å²) >= 11 is 0. The van der Waals surface area contributed by atoms with Crippen LogP contribution in [0.4, 0.5) is 0 Å². The van der Waals surface area contributed by atoms with Crippen LogP contribution in [0.5, 0.6) is 0 Å². The third kappa shape index (κ3) is 11.1. The van der Waals surface area contributed by atoms with E-state index in [4.69, 9.17) is 18.0 Å². The first-order valence-corrected chi connectivity index (χ1v) is 19.8. The van der Waals surface area contributed by atoms with Crippen molar-refractivity contribution in [1.82, 2.24) is 0 Å². The smallest absolute Gasteiger partial charge is 0.407 e. The van der Waals surface area contributed by atoms with Gasteiger partial charge in [0, 0.05) is 6.61 Å². The van der Waals surface area contributed by atoms with Crippen molar-refractivity contribution in [2.75, 3.05) is 19.8 Å². The molecule has 1 unspecified atom stereocenters. The molecular formula is C30H50O8P2Si. The fourth-order valence-electron chi connectivity index (χ4n) is 5.14. The van der Waals surface area contributed by atoms with Crippen LogP contribution in [0, 0.1) is 0 Å².